The van der Waals surface area contributed by atoms with Gasteiger partial charge in [-0.25, -0.2) is 4.98 Å². The molecule has 0 saturated heterocycles. The molecule has 212 valence electrons. The molecule has 0 spiro atoms. The van der Waals surface area contributed by atoms with Gasteiger partial charge in [-0.1, -0.05) is 29.8 Å². The predicted octanol–water partition coefficient (Wildman–Crippen LogP) is 4.65. The SMILES string of the molecule is CNC(=O)c1ccc(-n2c(C(O)C(C)C)nc3c(c2=O)C[C@@H](C)N(C(=O)c2ccc(Br)c(C(F)(F)F)c2)C3)cc1. The number of carbonyl (C=O) groups excluding carboxylic acids is 2. The molecule has 0 saturated carbocycles. The van der Waals surface area contributed by atoms with Crippen LogP contribution in [-0.4, -0.2) is 44.5 Å². The summed E-state index contributed by atoms with van der Waals surface area (Å²) in [5.41, 5.74) is -0.110. The van der Waals surface area contributed by atoms with Crippen LogP contribution in [0.1, 0.15) is 70.2 Å². The van der Waals surface area contributed by atoms with Crippen LogP contribution >= 0.6 is 15.9 Å². The van der Waals surface area contributed by atoms with Crippen molar-refractivity contribution in [2.45, 2.75) is 52.1 Å². The van der Waals surface area contributed by atoms with Crippen LogP contribution in [0.3, 0.4) is 0 Å². The molecule has 2 aromatic carbocycles. The largest absolute Gasteiger partial charge is 0.417 e. The average Bonchev–Trinajstić information content (AvgIpc) is 2.91. The second kappa shape index (κ2) is 11.2. The van der Waals surface area contributed by atoms with Gasteiger partial charge in [-0.15, -0.1) is 0 Å². The van der Waals surface area contributed by atoms with Crippen LogP contribution in [-0.2, 0) is 19.1 Å². The highest BCUT2D eigenvalue weighted by atomic mass is 79.9. The van der Waals surface area contributed by atoms with E-state index < -0.39 is 35.4 Å². The molecule has 0 bridgehead atoms. The topological polar surface area (TPSA) is 105 Å². The number of amides is 2. The summed E-state index contributed by atoms with van der Waals surface area (Å²) < 4.78 is 41.5. The van der Waals surface area contributed by atoms with Gasteiger partial charge >= 0.3 is 6.18 Å². The number of benzene rings is 2. The van der Waals surface area contributed by atoms with Crippen molar-refractivity contribution in [3.8, 4) is 5.69 Å². The highest BCUT2D eigenvalue weighted by Gasteiger charge is 2.36. The lowest BCUT2D eigenvalue weighted by atomic mass is 9.97. The fraction of sp³-hybridized carbons (Fsp3) is 0.357. The minimum Gasteiger partial charge on any atom is -0.385 e. The summed E-state index contributed by atoms with van der Waals surface area (Å²) in [6.45, 7) is 5.12. The Morgan fingerprint density at radius 1 is 1.12 bits per heavy atom. The number of carbonyl (C=O) groups is 2. The van der Waals surface area contributed by atoms with Crippen molar-refractivity contribution in [2.75, 3.05) is 7.05 Å². The van der Waals surface area contributed by atoms with Crippen molar-refractivity contribution >= 4 is 27.7 Å². The molecule has 0 radical (unpaired) electrons. The molecule has 8 nitrogen and oxygen atoms in total. The first-order valence-corrected chi connectivity index (χ1v) is 13.4. The molecular formula is C28H28BrF3N4O4. The summed E-state index contributed by atoms with van der Waals surface area (Å²) >= 11 is 2.89. The molecule has 1 aliphatic heterocycles. The summed E-state index contributed by atoms with van der Waals surface area (Å²) in [5.74, 6) is -1.17. The van der Waals surface area contributed by atoms with Crippen molar-refractivity contribution < 1.29 is 27.9 Å². The Labute approximate surface area is 237 Å². The Morgan fingerprint density at radius 3 is 2.33 bits per heavy atom. The lowest BCUT2D eigenvalue weighted by Gasteiger charge is -2.35. The Kier molecular flexibility index (Phi) is 8.23. The van der Waals surface area contributed by atoms with Crippen molar-refractivity contribution in [3.63, 3.8) is 0 Å². The summed E-state index contributed by atoms with van der Waals surface area (Å²) in [6, 6.07) is 9.07. The third kappa shape index (κ3) is 5.55. The van der Waals surface area contributed by atoms with Crippen LogP contribution in [0.5, 0.6) is 0 Å². The first-order chi connectivity index (χ1) is 18.7. The smallest absolute Gasteiger partial charge is 0.385 e. The van der Waals surface area contributed by atoms with E-state index in [1.165, 1.54) is 28.6 Å². The van der Waals surface area contributed by atoms with Gasteiger partial charge in [0.1, 0.15) is 11.9 Å². The van der Waals surface area contributed by atoms with E-state index in [1.807, 2.05) is 0 Å². The van der Waals surface area contributed by atoms with E-state index in [9.17, 15) is 32.7 Å². The van der Waals surface area contributed by atoms with E-state index in [0.717, 1.165) is 6.07 Å². The highest BCUT2D eigenvalue weighted by molar-refractivity contribution is 9.10. The van der Waals surface area contributed by atoms with Crippen LogP contribution in [0, 0.1) is 5.92 Å². The number of aromatic nitrogens is 2. The number of nitrogens with one attached hydrogen (secondary N) is 1. The monoisotopic (exact) mass is 620 g/mol. The van der Waals surface area contributed by atoms with Crippen LogP contribution in [0.4, 0.5) is 13.2 Å². The molecule has 0 fully saturated rings. The molecule has 1 aromatic heterocycles. The summed E-state index contributed by atoms with van der Waals surface area (Å²) in [6.07, 6.45) is -5.67. The van der Waals surface area contributed by atoms with Gasteiger partial charge in [0, 0.05) is 34.3 Å². The molecule has 2 amide bonds. The van der Waals surface area contributed by atoms with E-state index >= 15 is 0 Å². The van der Waals surface area contributed by atoms with Gasteiger partial charge in [0.15, 0.2) is 0 Å². The van der Waals surface area contributed by atoms with Gasteiger partial charge in [0.2, 0.25) is 0 Å². The first-order valence-electron chi connectivity index (χ1n) is 12.6. The van der Waals surface area contributed by atoms with Crippen LogP contribution in [0.15, 0.2) is 51.7 Å². The van der Waals surface area contributed by atoms with Gasteiger partial charge in [0.05, 0.1) is 23.5 Å². The average molecular weight is 621 g/mol. The van der Waals surface area contributed by atoms with E-state index in [2.05, 4.69) is 26.2 Å². The fourth-order valence-corrected chi connectivity index (χ4v) is 5.11. The summed E-state index contributed by atoms with van der Waals surface area (Å²) in [4.78, 5) is 45.2. The number of rotatable bonds is 5. The molecule has 1 aliphatic rings. The minimum absolute atomic E-state index is 0.0661. The van der Waals surface area contributed by atoms with Crippen LogP contribution in [0.25, 0.3) is 5.69 Å². The number of hydrogen-bond donors (Lipinski definition) is 2. The number of aliphatic hydroxyl groups excluding tert-OH is 1. The number of fused-ring (bicyclic) bond motifs is 1. The maximum atomic E-state index is 13.8. The molecule has 2 heterocycles. The van der Waals surface area contributed by atoms with Gasteiger partial charge in [-0.2, -0.15) is 13.2 Å². The number of hydrogen-bond acceptors (Lipinski definition) is 5. The van der Waals surface area contributed by atoms with E-state index in [0.29, 0.717) is 16.8 Å². The lowest BCUT2D eigenvalue weighted by molar-refractivity contribution is -0.138. The van der Waals surface area contributed by atoms with Gasteiger partial charge < -0.3 is 15.3 Å². The predicted molar refractivity (Wildman–Crippen MR) is 145 cm³/mol. The Hall–Kier alpha value is -3.51. The van der Waals surface area contributed by atoms with E-state index in [1.54, 1.807) is 45.0 Å². The molecular weight excluding hydrogens is 593 g/mol. The fourth-order valence-electron chi connectivity index (χ4n) is 4.64. The lowest BCUT2D eigenvalue weighted by Crippen LogP contribution is -2.46. The number of nitrogens with zero attached hydrogens (tertiary/aromatic N) is 3. The van der Waals surface area contributed by atoms with Crippen molar-refractivity contribution in [3.05, 3.63) is 91.1 Å². The van der Waals surface area contributed by atoms with Gasteiger partial charge in [-0.3, -0.25) is 19.0 Å². The van der Waals surface area contributed by atoms with Crippen molar-refractivity contribution in [2.24, 2.45) is 5.92 Å². The van der Waals surface area contributed by atoms with Gasteiger partial charge in [-0.05, 0) is 61.7 Å². The zero-order chi connectivity index (χ0) is 29.5. The maximum Gasteiger partial charge on any atom is 0.417 e. The molecule has 2 atom stereocenters. The normalized spacial score (nSPS) is 16.1. The molecule has 2 N–H and O–H groups in total. The molecule has 0 aliphatic carbocycles. The highest BCUT2D eigenvalue weighted by Crippen LogP contribution is 2.36. The third-order valence-electron chi connectivity index (χ3n) is 6.93. The molecule has 12 heteroatoms. The second-order valence-corrected chi connectivity index (χ2v) is 10.9. The summed E-state index contributed by atoms with van der Waals surface area (Å²) in [5, 5.41) is 13.5. The quantitative estimate of drug-likeness (QED) is 0.432. The van der Waals surface area contributed by atoms with E-state index in [-0.39, 0.29) is 46.3 Å². The zero-order valence-electron chi connectivity index (χ0n) is 22.2. The Bertz CT molecular complexity index is 1520. The minimum atomic E-state index is -4.65. The Morgan fingerprint density at radius 2 is 1.75 bits per heavy atom. The second-order valence-electron chi connectivity index (χ2n) is 10.0. The van der Waals surface area contributed by atoms with Gasteiger partial charge in [0.25, 0.3) is 17.4 Å². The van der Waals surface area contributed by atoms with Crippen LogP contribution < -0.4 is 10.9 Å². The standard InChI is InChI=1S/C28H28BrF3N4O4/c1-14(2)23(37)24-34-22-13-35(26(39)17-7-10-21(29)20(12-17)28(30,31)32)15(3)11-19(22)27(40)36(24)18-8-5-16(6-9-18)25(38)33-4/h5-10,12,14-15,23,37H,11,13H2,1-4H3,(H,33,38)/t15-,23?/m1/s1. The van der Waals surface area contributed by atoms with Crippen molar-refractivity contribution in [1.29, 1.82) is 0 Å². The molecule has 1 unspecified atom stereocenters. The van der Waals surface area contributed by atoms with Crippen molar-refractivity contribution in [1.82, 2.24) is 19.8 Å². The van der Waals surface area contributed by atoms with Crippen LogP contribution in [0.2, 0.25) is 0 Å². The first kappa shape index (κ1) is 29.5. The zero-order valence-corrected chi connectivity index (χ0v) is 23.8. The summed E-state index contributed by atoms with van der Waals surface area (Å²) in [7, 11) is 1.51. The number of halogens is 4. The number of alkyl halides is 3. The molecule has 3 aromatic rings. The molecule has 40 heavy (non-hydrogen) atoms. The maximum absolute atomic E-state index is 13.8. The van der Waals surface area contributed by atoms with E-state index in [4.69, 9.17) is 0 Å². The molecule has 4 rings (SSSR count). The Balaban J connectivity index is 1.78. The third-order valence-corrected chi connectivity index (χ3v) is 7.62. The number of aliphatic hydroxyl groups is 1.